The lowest BCUT2D eigenvalue weighted by Gasteiger charge is -2.31. The third kappa shape index (κ3) is 4.26. The molecule has 1 heterocycles. The molecule has 0 spiro atoms. The van der Waals surface area contributed by atoms with E-state index in [4.69, 9.17) is 14.5 Å². The normalized spacial score (nSPS) is 18.1. The van der Waals surface area contributed by atoms with Crippen molar-refractivity contribution in [2.75, 3.05) is 0 Å². The van der Waals surface area contributed by atoms with Crippen LogP contribution >= 0.6 is 0 Å². The SMILES string of the molecule is O=C1c2ccccc2CC(OCc2ccc3ccccc3n2)C1OCc1ccccc1. The number of aromatic nitrogens is 1. The van der Waals surface area contributed by atoms with E-state index in [1.165, 1.54) is 0 Å². The van der Waals surface area contributed by atoms with Crippen molar-refractivity contribution in [1.82, 2.24) is 4.98 Å². The molecule has 0 aliphatic heterocycles. The summed E-state index contributed by atoms with van der Waals surface area (Å²) in [7, 11) is 0. The first kappa shape index (κ1) is 19.6. The van der Waals surface area contributed by atoms with E-state index < -0.39 is 6.10 Å². The van der Waals surface area contributed by atoms with Gasteiger partial charge >= 0.3 is 0 Å². The fraction of sp³-hybridized carbons (Fsp3) is 0.185. The van der Waals surface area contributed by atoms with Crippen molar-refractivity contribution in [2.24, 2.45) is 0 Å². The second kappa shape index (κ2) is 8.80. The number of hydrogen-bond acceptors (Lipinski definition) is 4. The highest BCUT2D eigenvalue weighted by atomic mass is 16.5. The number of benzene rings is 3. The lowest BCUT2D eigenvalue weighted by molar-refractivity contribution is -0.0722. The minimum absolute atomic E-state index is 0.0192. The van der Waals surface area contributed by atoms with Crippen LogP contribution in [-0.4, -0.2) is 23.0 Å². The Bertz CT molecular complexity index is 1210. The quantitative estimate of drug-likeness (QED) is 0.442. The summed E-state index contributed by atoms with van der Waals surface area (Å²) in [6.07, 6.45) is -0.371. The van der Waals surface area contributed by atoms with E-state index in [1.54, 1.807) is 0 Å². The van der Waals surface area contributed by atoms with E-state index in [2.05, 4.69) is 0 Å². The monoisotopic (exact) mass is 409 g/mol. The number of carbonyl (C=O) groups is 1. The van der Waals surface area contributed by atoms with E-state index in [0.29, 0.717) is 19.6 Å². The van der Waals surface area contributed by atoms with Crippen molar-refractivity contribution in [2.45, 2.75) is 31.8 Å². The van der Waals surface area contributed by atoms with Crippen molar-refractivity contribution in [3.05, 3.63) is 113 Å². The standard InChI is InChI=1S/C27H23NO3/c29-26-23-12-6-4-11-21(23)16-25(27(26)31-17-19-8-2-1-3-9-19)30-18-22-15-14-20-10-5-7-13-24(20)28-22/h1-15,25,27H,16-18H2. The van der Waals surface area contributed by atoms with E-state index in [1.807, 2.05) is 91.0 Å². The molecular formula is C27H23NO3. The molecule has 3 aromatic carbocycles. The average Bonchev–Trinajstić information content (AvgIpc) is 2.83. The molecule has 2 atom stereocenters. The van der Waals surface area contributed by atoms with Crippen LogP contribution in [0.2, 0.25) is 0 Å². The topological polar surface area (TPSA) is 48.4 Å². The molecule has 0 saturated carbocycles. The molecule has 4 aromatic rings. The van der Waals surface area contributed by atoms with Gasteiger partial charge in [-0.1, -0.05) is 78.9 Å². The van der Waals surface area contributed by atoms with Gasteiger partial charge in [0.05, 0.1) is 30.5 Å². The number of para-hydroxylation sites is 1. The summed E-state index contributed by atoms with van der Waals surface area (Å²) in [4.78, 5) is 17.9. The fourth-order valence-electron chi connectivity index (χ4n) is 4.06. The summed E-state index contributed by atoms with van der Waals surface area (Å²) in [5.41, 5.74) is 4.54. The highest BCUT2D eigenvalue weighted by Crippen LogP contribution is 2.27. The molecule has 1 aromatic heterocycles. The summed E-state index contributed by atoms with van der Waals surface area (Å²) in [5, 5.41) is 1.09. The summed E-state index contributed by atoms with van der Waals surface area (Å²) in [5.74, 6) is -0.0192. The van der Waals surface area contributed by atoms with Crippen LogP contribution in [0.1, 0.15) is 27.2 Å². The van der Waals surface area contributed by atoms with Crippen LogP contribution in [0.5, 0.6) is 0 Å². The minimum Gasteiger partial charge on any atom is -0.368 e. The second-order valence-electron chi connectivity index (χ2n) is 7.79. The van der Waals surface area contributed by atoms with Gasteiger partial charge in [0.15, 0.2) is 5.78 Å². The number of pyridine rings is 1. The molecular weight excluding hydrogens is 386 g/mol. The number of ketones is 1. The van der Waals surface area contributed by atoms with E-state index in [9.17, 15) is 4.79 Å². The number of nitrogens with zero attached hydrogens (tertiary/aromatic N) is 1. The third-order valence-electron chi connectivity index (χ3n) is 5.67. The molecule has 2 unspecified atom stereocenters. The van der Waals surface area contributed by atoms with Crippen LogP contribution in [0, 0.1) is 0 Å². The average molecular weight is 409 g/mol. The van der Waals surface area contributed by atoms with Gasteiger partial charge in [-0.05, 0) is 23.3 Å². The maximum atomic E-state index is 13.2. The molecule has 0 amide bonds. The zero-order valence-corrected chi connectivity index (χ0v) is 17.1. The van der Waals surface area contributed by atoms with Crippen LogP contribution < -0.4 is 0 Å². The minimum atomic E-state index is -0.643. The maximum absolute atomic E-state index is 13.2. The first-order chi connectivity index (χ1) is 15.3. The Balaban J connectivity index is 1.36. The molecule has 0 N–H and O–H groups in total. The van der Waals surface area contributed by atoms with Gasteiger partial charge in [-0.15, -0.1) is 0 Å². The molecule has 1 aliphatic rings. The van der Waals surface area contributed by atoms with Gasteiger partial charge in [-0.3, -0.25) is 9.78 Å². The van der Waals surface area contributed by atoms with Crippen molar-refractivity contribution >= 4 is 16.7 Å². The molecule has 1 aliphatic carbocycles. The van der Waals surface area contributed by atoms with Crippen LogP contribution in [0.4, 0.5) is 0 Å². The summed E-state index contributed by atoms with van der Waals surface area (Å²) in [6, 6.07) is 29.6. The predicted octanol–water partition coefficient (Wildman–Crippen LogP) is 5.14. The van der Waals surface area contributed by atoms with Gasteiger partial charge in [0.1, 0.15) is 6.10 Å². The lowest BCUT2D eigenvalue weighted by Crippen LogP contribution is -2.44. The molecule has 4 heteroatoms. The number of carbonyl (C=O) groups excluding carboxylic acids is 1. The number of ether oxygens (including phenoxy) is 2. The van der Waals surface area contributed by atoms with Gasteiger partial charge in [0.2, 0.25) is 0 Å². The Labute approximate surface area is 181 Å². The Hall–Kier alpha value is -3.34. The van der Waals surface area contributed by atoms with Gasteiger partial charge in [0.25, 0.3) is 0 Å². The molecule has 4 nitrogen and oxygen atoms in total. The van der Waals surface area contributed by atoms with Crippen LogP contribution in [0.25, 0.3) is 10.9 Å². The van der Waals surface area contributed by atoms with E-state index in [0.717, 1.165) is 33.3 Å². The van der Waals surface area contributed by atoms with Crippen molar-refractivity contribution in [1.29, 1.82) is 0 Å². The molecule has 31 heavy (non-hydrogen) atoms. The zero-order valence-electron chi connectivity index (χ0n) is 17.1. The highest BCUT2D eigenvalue weighted by Gasteiger charge is 2.37. The first-order valence-corrected chi connectivity index (χ1v) is 10.5. The van der Waals surface area contributed by atoms with Gasteiger partial charge < -0.3 is 9.47 Å². The van der Waals surface area contributed by atoms with Crippen molar-refractivity contribution in [3.8, 4) is 0 Å². The van der Waals surface area contributed by atoms with Crippen LogP contribution in [0.15, 0.2) is 91.0 Å². The second-order valence-corrected chi connectivity index (χ2v) is 7.79. The Morgan fingerprint density at radius 1 is 0.774 bits per heavy atom. The molecule has 0 fully saturated rings. The van der Waals surface area contributed by atoms with Crippen LogP contribution in [0.3, 0.4) is 0 Å². The lowest BCUT2D eigenvalue weighted by atomic mass is 9.86. The Morgan fingerprint density at radius 2 is 1.55 bits per heavy atom. The predicted molar refractivity (Wildman–Crippen MR) is 120 cm³/mol. The number of Topliss-reactive ketones (excluding diaryl/α,β-unsaturated/α-hetero) is 1. The van der Waals surface area contributed by atoms with E-state index >= 15 is 0 Å². The first-order valence-electron chi connectivity index (χ1n) is 10.5. The molecule has 154 valence electrons. The van der Waals surface area contributed by atoms with Gasteiger partial charge in [0, 0.05) is 17.4 Å². The zero-order chi connectivity index (χ0) is 21.0. The fourth-order valence-corrected chi connectivity index (χ4v) is 4.06. The summed E-state index contributed by atoms with van der Waals surface area (Å²) in [6.45, 7) is 0.698. The maximum Gasteiger partial charge on any atom is 0.194 e. The van der Waals surface area contributed by atoms with Crippen molar-refractivity contribution in [3.63, 3.8) is 0 Å². The summed E-state index contributed by atoms with van der Waals surface area (Å²) < 4.78 is 12.4. The largest absolute Gasteiger partial charge is 0.368 e. The molecule has 0 bridgehead atoms. The number of hydrogen-bond donors (Lipinski definition) is 0. The van der Waals surface area contributed by atoms with Gasteiger partial charge in [-0.25, -0.2) is 0 Å². The molecule has 0 radical (unpaired) electrons. The highest BCUT2D eigenvalue weighted by molar-refractivity contribution is 6.02. The smallest absolute Gasteiger partial charge is 0.194 e. The number of rotatable bonds is 6. The van der Waals surface area contributed by atoms with Crippen molar-refractivity contribution < 1.29 is 14.3 Å². The number of fused-ring (bicyclic) bond motifs is 2. The molecule has 0 saturated heterocycles. The Kier molecular flexibility index (Phi) is 5.57. The van der Waals surface area contributed by atoms with E-state index in [-0.39, 0.29) is 11.9 Å². The van der Waals surface area contributed by atoms with Crippen LogP contribution in [-0.2, 0) is 29.1 Å². The molecule has 5 rings (SSSR count). The summed E-state index contributed by atoms with van der Waals surface area (Å²) >= 11 is 0. The Morgan fingerprint density at radius 3 is 2.45 bits per heavy atom. The third-order valence-corrected chi connectivity index (χ3v) is 5.67. The van der Waals surface area contributed by atoms with Gasteiger partial charge in [-0.2, -0.15) is 0 Å².